The highest BCUT2D eigenvalue weighted by atomic mass is 32.1. The van der Waals surface area contributed by atoms with Crippen LogP contribution in [-0.4, -0.2) is 46.4 Å². The van der Waals surface area contributed by atoms with Crippen molar-refractivity contribution in [3.63, 3.8) is 0 Å². The van der Waals surface area contributed by atoms with Gasteiger partial charge in [-0.2, -0.15) is 0 Å². The first-order valence-corrected chi connectivity index (χ1v) is 14.6. The van der Waals surface area contributed by atoms with Crippen molar-refractivity contribution < 1.29 is 19.1 Å². The number of carbonyl (C=O) groups excluding carboxylic acids is 2. The highest BCUT2D eigenvalue weighted by Crippen LogP contribution is 2.43. The van der Waals surface area contributed by atoms with Gasteiger partial charge in [-0.3, -0.25) is 9.59 Å². The fourth-order valence-corrected chi connectivity index (χ4v) is 6.54. The Kier molecular flexibility index (Phi) is 8.97. The number of aromatic nitrogens is 4. The lowest BCUT2D eigenvalue weighted by molar-refractivity contribution is -0.116. The predicted octanol–water partition coefficient (Wildman–Crippen LogP) is 5.21. The summed E-state index contributed by atoms with van der Waals surface area (Å²) < 4.78 is 10.3. The van der Waals surface area contributed by atoms with Crippen LogP contribution in [0.5, 0.6) is 11.5 Å². The lowest BCUT2D eigenvalue weighted by Gasteiger charge is -2.25. The number of nitrogens with one attached hydrogen (secondary N) is 2. The number of amides is 2. The summed E-state index contributed by atoms with van der Waals surface area (Å²) in [5.41, 5.74) is 1.79. The molecule has 2 amide bonds. The number of nitrogens with zero attached hydrogens (tertiary/aromatic N) is 4. The molecule has 1 saturated carbocycles. The molecule has 0 saturated heterocycles. The monoisotopic (exact) mass is 578 g/mol. The van der Waals surface area contributed by atoms with E-state index in [-0.39, 0.29) is 36.5 Å². The molecule has 0 spiro atoms. The van der Waals surface area contributed by atoms with Crippen LogP contribution >= 0.6 is 22.7 Å². The summed E-state index contributed by atoms with van der Waals surface area (Å²) in [6, 6.07) is 14.8. The number of hydrogen-bond donors (Lipinski definition) is 2. The second-order valence-electron chi connectivity index (χ2n) is 9.60. The van der Waals surface area contributed by atoms with E-state index in [1.165, 1.54) is 22.7 Å². The molecule has 40 heavy (non-hydrogen) atoms. The van der Waals surface area contributed by atoms with E-state index in [9.17, 15) is 9.59 Å². The molecule has 2 aromatic heterocycles. The van der Waals surface area contributed by atoms with Crippen LogP contribution in [0.4, 0.5) is 10.3 Å². The number of hydrogen-bond acceptors (Lipinski definition) is 10. The summed E-state index contributed by atoms with van der Waals surface area (Å²) in [7, 11) is 3.22. The number of benzene rings is 2. The molecule has 0 radical (unpaired) electrons. The lowest BCUT2D eigenvalue weighted by Crippen LogP contribution is -2.14. The third-order valence-electron chi connectivity index (χ3n) is 6.79. The van der Waals surface area contributed by atoms with Gasteiger partial charge in [0.15, 0.2) is 0 Å². The van der Waals surface area contributed by atoms with Gasteiger partial charge in [0.05, 0.1) is 27.1 Å². The van der Waals surface area contributed by atoms with Gasteiger partial charge in [-0.05, 0) is 54.7 Å². The van der Waals surface area contributed by atoms with Crippen molar-refractivity contribution in [2.24, 2.45) is 0 Å². The third kappa shape index (κ3) is 7.19. The third-order valence-corrected chi connectivity index (χ3v) is 8.80. The number of rotatable bonds is 10. The maximum Gasteiger partial charge on any atom is 0.230 e. The Bertz CT molecular complexity index is 1330. The van der Waals surface area contributed by atoms with Crippen LogP contribution in [0.1, 0.15) is 58.7 Å². The van der Waals surface area contributed by atoms with E-state index >= 15 is 0 Å². The molecule has 12 heteroatoms. The predicted molar refractivity (Wildman–Crippen MR) is 154 cm³/mol. The SMILES string of the molecule is COc1ccc(CC(=O)Nc2nnc([C@@H]3CCC[C@@H](c4nnc(NC(=O)Cc5ccc(OC)cc5)s4)C3)s2)cc1. The van der Waals surface area contributed by atoms with Crippen molar-refractivity contribution in [3.8, 4) is 11.5 Å². The molecule has 0 aliphatic heterocycles. The average Bonchev–Trinajstić information content (AvgIpc) is 3.64. The first-order chi connectivity index (χ1) is 19.5. The standard InChI is InChI=1S/C28H30N6O4S2/c1-37-21-10-6-17(7-11-21)14-23(35)29-27-33-31-25(39-27)19-4-3-5-20(16-19)26-32-34-28(40-26)30-24(36)15-18-8-12-22(38-2)13-9-18/h6-13,19-20H,3-5,14-16H2,1-2H3,(H,29,33,35)(H,30,34,36)/t19-,20-/m1/s1. The highest BCUT2D eigenvalue weighted by Gasteiger charge is 2.29. The minimum absolute atomic E-state index is 0.134. The fraction of sp³-hybridized carbons (Fsp3) is 0.357. The quantitative estimate of drug-likeness (QED) is 0.262. The van der Waals surface area contributed by atoms with Gasteiger partial charge in [-0.15, -0.1) is 20.4 Å². The summed E-state index contributed by atoms with van der Waals surface area (Å²) in [6.45, 7) is 0. The van der Waals surface area contributed by atoms with Gasteiger partial charge in [0.1, 0.15) is 21.5 Å². The maximum atomic E-state index is 12.5. The Morgan fingerprint density at radius 1 is 0.725 bits per heavy atom. The van der Waals surface area contributed by atoms with Gasteiger partial charge in [0.2, 0.25) is 22.1 Å². The minimum atomic E-state index is -0.134. The van der Waals surface area contributed by atoms with Crippen molar-refractivity contribution in [1.82, 2.24) is 20.4 Å². The van der Waals surface area contributed by atoms with Crippen LogP contribution in [0.25, 0.3) is 0 Å². The Balaban J connectivity index is 1.13. The van der Waals surface area contributed by atoms with Gasteiger partial charge in [-0.1, -0.05) is 53.4 Å². The second-order valence-corrected chi connectivity index (χ2v) is 11.6. The molecule has 2 atom stereocenters. The van der Waals surface area contributed by atoms with Crippen molar-refractivity contribution >= 4 is 44.8 Å². The van der Waals surface area contributed by atoms with Gasteiger partial charge in [0, 0.05) is 11.8 Å². The summed E-state index contributed by atoms with van der Waals surface area (Å²) in [5, 5.41) is 25.8. The number of methoxy groups -OCH3 is 2. The fourth-order valence-electron chi connectivity index (χ4n) is 4.72. The molecule has 208 valence electrons. The Morgan fingerprint density at radius 2 is 1.15 bits per heavy atom. The van der Waals surface area contributed by atoms with Crippen LogP contribution in [-0.2, 0) is 22.4 Å². The molecule has 0 bridgehead atoms. The number of anilines is 2. The number of carbonyl (C=O) groups is 2. The van der Waals surface area contributed by atoms with Gasteiger partial charge in [0.25, 0.3) is 0 Å². The molecule has 2 N–H and O–H groups in total. The average molecular weight is 579 g/mol. The largest absolute Gasteiger partial charge is 0.497 e. The zero-order valence-corrected chi connectivity index (χ0v) is 23.9. The van der Waals surface area contributed by atoms with Gasteiger partial charge in [-0.25, -0.2) is 0 Å². The van der Waals surface area contributed by atoms with Gasteiger partial charge < -0.3 is 20.1 Å². The molecule has 1 aliphatic carbocycles. The van der Waals surface area contributed by atoms with Crippen molar-refractivity contribution in [1.29, 1.82) is 0 Å². The first-order valence-electron chi connectivity index (χ1n) is 13.0. The Labute approximate surface area is 240 Å². The Morgan fingerprint density at radius 3 is 1.55 bits per heavy atom. The van der Waals surface area contributed by atoms with Crippen LogP contribution < -0.4 is 20.1 Å². The van der Waals surface area contributed by atoms with Crippen LogP contribution in [0.3, 0.4) is 0 Å². The van der Waals surface area contributed by atoms with Crippen molar-refractivity contribution in [2.45, 2.75) is 50.4 Å². The summed E-state index contributed by atoms with van der Waals surface area (Å²) >= 11 is 2.85. The molecule has 10 nitrogen and oxygen atoms in total. The van der Waals surface area contributed by atoms with Crippen molar-refractivity contribution in [2.75, 3.05) is 24.9 Å². The van der Waals surface area contributed by atoms with E-state index in [1.807, 2.05) is 48.5 Å². The van der Waals surface area contributed by atoms with E-state index in [0.717, 1.165) is 58.3 Å². The van der Waals surface area contributed by atoms with Crippen molar-refractivity contribution in [3.05, 3.63) is 69.7 Å². The van der Waals surface area contributed by atoms with Crippen LogP contribution in [0.2, 0.25) is 0 Å². The summed E-state index contributed by atoms with van der Waals surface area (Å²) in [4.78, 5) is 25.0. The number of ether oxygens (including phenoxy) is 2. The van der Waals surface area contributed by atoms with E-state index in [4.69, 9.17) is 9.47 Å². The van der Waals surface area contributed by atoms with E-state index in [1.54, 1.807) is 14.2 Å². The smallest absolute Gasteiger partial charge is 0.230 e. The summed E-state index contributed by atoms with van der Waals surface area (Å²) in [5.74, 6) is 1.71. The first kappa shape index (κ1) is 27.7. The van der Waals surface area contributed by atoms with E-state index in [2.05, 4.69) is 31.0 Å². The molecular weight excluding hydrogens is 548 g/mol. The zero-order chi connectivity index (χ0) is 27.9. The normalized spacial score (nSPS) is 16.8. The van der Waals surface area contributed by atoms with E-state index < -0.39 is 0 Å². The molecule has 4 aromatic rings. The molecular formula is C28H30N6O4S2. The molecule has 0 unspecified atom stereocenters. The van der Waals surface area contributed by atoms with E-state index in [0.29, 0.717) is 10.3 Å². The topological polar surface area (TPSA) is 128 Å². The molecule has 1 aliphatic rings. The van der Waals surface area contributed by atoms with Crippen LogP contribution in [0, 0.1) is 0 Å². The van der Waals surface area contributed by atoms with Gasteiger partial charge >= 0.3 is 0 Å². The summed E-state index contributed by atoms with van der Waals surface area (Å²) in [6.07, 6.45) is 4.43. The zero-order valence-electron chi connectivity index (χ0n) is 22.3. The second kappa shape index (κ2) is 13.0. The molecule has 2 heterocycles. The maximum absolute atomic E-state index is 12.5. The lowest BCUT2D eigenvalue weighted by atomic mass is 9.82. The minimum Gasteiger partial charge on any atom is -0.497 e. The molecule has 1 fully saturated rings. The molecule has 5 rings (SSSR count). The molecule has 2 aromatic carbocycles. The van der Waals surface area contributed by atoms with Crippen LogP contribution in [0.15, 0.2) is 48.5 Å². The Hall–Kier alpha value is -3.90. The highest BCUT2D eigenvalue weighted by molar-refractivity contribution is 7.15.